The lowest BCUT2D eigenvalue weighted by atomic mass is 10.0. The Labute approximate surface area is 198 Å². The van der Waals surface area contributed by atoms with E-state index in [2.05, 4.69) is 41.3 Å². The molecule has 0 unspecified atom stereocenters. The number of hydrogen-bond acceptors (Lipinski definition) is 3. The van der Waals surface area contributed by atoms with Gasteiger partial charge in [-0.2, -0.15) is 5.10 Å². The molecule has 0 atom stereocenters. The quantitative estimate of drug-likeness (QED) is 0.416. The second-order valence-corrected chi connectivity index (χ2v) is 9.06. The molecule has 2 aromatic carbocycles. The zero-order chi connectivity index (χ0) is 23.7. The van der Waals surface area contributed by atoms with Crippen molar-refractivity contribution in [1.29, 1.82) is 0 Å². The molecule has 1 saturated carbocycles. The molecule has 2 heterocycles. The Morgan fingerprint density at radius 3 is 2.59 bits per heavy atom. The SMILES string of the molecule is CCc1ccc(-n2cc(-c3ccc4[nH]cc(N(CC5CCCC5)C(=O)C(N)=O)c4c3)cn2)cc1. The van der Waals surface area contributed by atoms with Crippen molar-refractivity contribution in [3.8, 4) is 16.8 Å². The number of fused-ring (bicyclic) bond motifs is 1. The van der Waals surface area contributed by atoms with Gasteiger partial charge in [0, 0.05) is 35.4 Å². The van der Waals surface area contributed by atoms with Crippen molar-refractivity contribution in [2.75, 3.05) is 11.4 Å². The number of nitrogens with one attached hydrogen (secondary N) is 1. The minimum atomic E-state index is -0.932. The molecule has 34 heavy (non-hydrogen) atoms. The third kappa shape index (κ3) is 4.21. The van der Waals surface area contributed by atoms with Gasteiger partial charge in [0.1, 0.15) is 0 Å². The molecule has 1 aliphatic rings. The lowest BCUT2D eigenvalue weighted by molar-refractivity contribution is -0.135. The number of hydrogen-bond donors (Lipinski definition) is 2. The summed E-state index contributed by atoms with van der Waals surface area (Å²) in [4.78, 5) is 29.4. The summed E-state index contributed by atoms with van der Waals surface area (Å²) in [7, 11) is 0. The topological polar surface area (TPSA) is 97.0 Å². The fourth-order valence-electron chi connectivity index (χ4n) is 4.88. The van der Waals surface area contributed by atoms with Gasteiger partial charge in [0.2, 0.25) is 0 Å². The molecule has 0 bridgehead atoms. The third-order valence-electron chi connectivity index (χ3n) is 6.85. The highest BCUT2D eigenvalue weighted by molar-refractivity contribution is 6.40. The van der Waals surface area contributed by atoms with Crippen molar-refractivity contribution >= 4 is 28.4 Å². The molecule has 2 amide bonds. The highest BCUT2D eigenvalue weighted by Gasteiger charge is 2.28. The van der Waals surface area contributed by atoms with Gasteiger partial charge in [-0.1, -0.05) is 38.0 Å². The Hall–Kier alpha value is -3.87. The molecule has 2 aromatic heterocycles. The molecular formula is C27H29N5O2. The molecule has 0 radical (unpaired) electrons. The number of rotatable bonds is 6. The maximum Gasteiger partial charge on any atom is 0.316 e. The van der Waals surface area contributed by atoms with Crippen molar-refractivity contribution in [2.45, 2.75) is 39.0 Å². The maximum absolute atomic E-state index is 12.8. The number of carbonyl (C=O) groups excluding carboxylic acids is 2. The fraction of sp³-hybridized carbons (Fsp3) is 0.296. The standard InChI is InChI=1S/C27H29N5O2/c1-2-18-7-10-22(11-8-18)32-17-21(14-30-32)20-9-12-24-23(13-20)25(15-29-24)31(27(34)26(28)33)16-19-5-3-4-6-19/h7-15,17,19,29H,2-6,16H2,1H3,(H2,28,33). The van der Waals surface area contributed by atoms with E-state index in [-0.39, 0.29) is 0 Å². The summed E-state index contributed by atoms with van der Waals surface area (Å²) in [6.45, 7) is 2.64. The maximum atomic E-state index is 12.8. The van der Waals surface area contributed by atoms with Gasteiger partial charge in [-0.05, 0) is 60.6 Å². The monoisotopic (exact) mass is 455 g/mol. The minimum absolute atomic E-state index is 0.383. The lowest BCUT2D eigenvalue weighted by Gasteiger charge is -2.24. The van der Waals surface area contributed by atoms with Crippen molar-refractivity contribution < 1.29 is 9.59 Å². The lowest BCUT2D eigenvalue weighted by Crippen LogP contribution is -2.42. The molecule has 7 nitrogen and oxygen atoms in total. The summed E-state index contributed by atoms with van der Waals surface area (Å²) in [6, 6.07) is 14.4. The molecule has 1 fully saturated rings. The van der Waals surface area contributed by atoms with Crippen LogP contribution in [0, 0.1) is 5.92 Å². The Morgan fingerprint density at radius 1 is 1.12 bits per heavy atom. The zero-order valence-corrected chi connectivity index (χ0v) is 19.3. The van der Waals surface area contributed by atoms with Crippen LogP contribution in [0.2, 0.25) is 0 Å². The highest BCUT2D eigenvalue weighted by Crippen LogP contribution is 2.34. The van der Waals surface area contributed by atoms with E-state index in [0.29, 0.717) is 18.2 Å². The van der Waals surface area contributed by atoms with E-state index < -0.39 is 11.8 Å². The molecule has 0 aliphatic heterocycles. The van der Waals surface area contributed by atoms with Crippen LogP contribution in [-0.4, -0.2) is 33.1 Å². The van der Waals surface area contributed by atoms with Crippen LogP contribution in [0.5, 0.6) is 0 Å². The number of aryl methyl sites for hydroxylation is 1. The van der Waals surface area contributed by atoms with Gasteiger partial charge in [-0.3, -0.25) is 9.59 Å². The molecule has 1 aliphatic carbocycles. The highest BCUT2D eigenvalue weighted by atomic mass is 16.2. The fourth-order valence-corrected chi connectivity index (χ4v) is 4.88. The molecular weight excluding hydrogens is 426 g/mol. The molecule has 174 valence electrons. The summed E-state index contributed by atoms with van der Waals surface area (Å²) in [5, 5.41) is 5.43. The van der Waals surface area contributed by atoms with Crippen LogP contribution in [-0.2, 0) is 16.0 Å². The van der Waals surface area contributed by atoms with Crippen molar-refractivity contribution in [3.63, 3.8) is 0 Å². The van der Waals surface area contributed by atoms with Crippen LogP contribution < -0.4 is 10.6 Å². The largest absolute Gasteiger partial charge is 0.361 e. The molecule has 7 heteroatoms. The van der Waals surface area contributed by atoms with E-state index in [4.69, 9.17) is 5.73 Å². The molecule has 5 rings (SSSR count). The molecule has 0 spiro atoms. The van der Waals surface area contributed by atoms with Gasteiger partial charge in [0.05, 0.1) is 17.6 Å². The zero-order valence-electron chi connectivity index (χ0n) is 19.3. The number of aromatic nitrogens is 3. The van der Waals surface area contributed by atoms with Gasteiger partial charge in [0.25, 0.3) is 0 Å². The van der Waals surface area contributed by atoms with Gasteiger partial charge in [-0.25, -0.2) is 4.68 Å². The number of H-pyrrole nitrogens is 1. The Bertz CT molecular complexity index is 1330. The van der Waals surface area contributed by atoms with E-state index in [1.54, 1.807) is 11.1 Å². The summed E-state index contributed by atoms with van der Waals surface area (Å²) < 4.78 is 1.86. The molecule has 3 N–H and O–H groups in total. The summed E-state index contributed by atoms with van der Waals surface area (Å²) in [6.07, 6.45) is 11.1. The Balaban J connectivity index is 1.49. The summed E-state index contributed by atoms with van der Waals surface area (Å²) >= 11 is 0. The number of aromatic amines is 1. The molecule has 0 saturated heterocycles. The van der Waals surface area contributed by atoms with Crippen LogP contribution in [0.1, 0.15) is 38.2 Å². The third-order valence-corrected chi connectivity index (χ3v) is 6.85. The van der Waals surface area contributed by atoms with Crippen molar-refractivity contribution in [1.82, 2.24) is 14.8 Å². The number of anilines is 1. The first-order valence-electron chi connectivity index (χ1n) is 11.9. The smallest absolute Gasteiger partial charge is 0.316 e. The number of carbonyl (C=O) groups is 2. The van der Waals surface area contributed by atoms with E-state index in [9.17, 15) is 9.59 Å². The number of benzene rings is 2. The molecule has 4 aromatic rings. The Morgan fingerprint density at radius 2 is 1.88 bits per heavy atom. The van der Waals surface area contributed by atoms with Crippen LogP contribution in [0.25, 0.3) is 27.7 Å². The van der Waals surface area contributed by atoms with E-state index >= 15 is 0 Å². The first kappa shape index (κ1) is 21.9. The summed E-state index contributed by atoms with van der Waals surface area (Å²) in [5.74, 6) is -1.21. The van der Waals surface area contributed by atoms with Gasteiger partial charge >= 0.3 is 11.8 Å². The first-order valence-corrected chi connectivity index (χ1v) is 11.9. The van der Waals surface area contributed by atoms with Crippen LogP contribution >= 0.6 is 0 Å². The van der Waals surface area contributed by atoms with Crippen molar-refractivity contribution in [3.05, 3.63) is 66.6 Å². The second-order valence-electron chi connectivity index (χ2n) is 9.06. The average Bonchev–Trinajstić information content (AvgIpc) is 3.63. The van der Waals surface area contributed by atoms with E-state index in [1.807, 2.05) is 35.3 Å². The Kier molecular flexibility index (Phi) is 5.92. The number of amides is 2. The minimum Gasteiger partial charge on any atom is -0.361 e. The van der Waals surface area contributed by atoms with Crippen LogP contribution in [0.15, 0.2) is 61.1 Å². The van der Waals surface area contributed by atoms with Crippen LogP contribution in [0.4, 0.5) is 5.69 Å². The predicted molar refractivity (Wildman–Crippen MR) is 134 cm³/mol. The number of primary amides is 1. The number of nitrogens with two attached hydrogens (primary N) is 1. The van der Waals surface area contributed by atoms with Crippen molar-refractivity contribution in [2.24, 2.45) is 11.7 Å². The van der Waals surface area contributed by atoms with Gasteiger partial charge < -0.3 is 15.6 Å². The second kappa shape index (κ2) is 9.17. The van der Waals surface area contributed by atoms with E-state index in [0.717, 1.165) is 59.8 Å². The normalized spacial score (nSPS) is 14.0. The van der Waals surface area contributed by atoms with E-state index in [1.165, 1.54) is 5.56 Å². The summed E-state index contributed by atoms with van der Waals surface area (Å²) in [5.41, 5.74) is 11.2. The average molecular weight is 456 g/mol. The predicted octanol–water partition coefficient (Wildman–Crippen LogP) is 4.59. The number of nitrogens with zero attached hydrogens (tertiary/aromatic N) is 3. The first-order chi connectivity index (χ1) is 16.5. The van der Waals surface area contributed by atoms with Gasteiger partial charge in [-0.15, -0.1) is 0 Å². The van der Waals surface area contributed by atoms with Crippen LogP contribution in [0.3, 0.4) is 0 Å². The van der Waals surface area contributed by atoms with Gasteiger partial charge in [0.15, 0.2) is 0 Å².